The fourth-order valence-electron chi connectivity index (χ4n) is 1.07. The van der Waals surface area contributed by atoms with Crippen molar-refractivity contribution in [2.45, 2.75) is 13.8 Å². The van der Waals surface area contributed by atoms with E-state index in [9.17, 15) is 9.18 Å². The van der Waals surface area contributed by atoms with Crippen molar-refractivity contribution in [3.63, 3.8) is 0 Å². The van der Waals surface area contributed by atoms with Crippen LogP contribution in [-0.4, -0.2) is 11.1 Å². The van der Waals surface area contributed by atoms with Gasteiger partial charge in [0.25, 0.3) is 0 Å². The second-order valence-electron chi connectivity index (χ2n) is 2.80. The van der Waals surface area contributed by atoms with Crippen molar-refractivity contribution in [2.75, 3.05) is 0 Å². The van der Waals surface area contributed by atoms with E-state index in [4.69, 9.17) is 5.11 Å². The molecule has 0 unspecified atom stereocenters. The van der Waals surface area contributed by atoms with Gasteiger partial charge in [-0.2, -0.15) is 0 Å². The lowest BCUT2D eigenvalue weighted by molar-refractivity contribution is 0.0695. The Bertz CT molecular complexity index is 374. The zero-order chi connectivity index (χ0) is 10.2. The molecule has 0 amide bonds. The Morgan fingerprint density at radius 2 is 2.08 bits per heavy atom. The molecule has 0 aliphatic carbocycles. The molecular weight excluding hydrogens is 239 g/mol. The lowest BCUT2D eigenvalue weighted by atomic mass is 10.1. The van der Waals surface area contributed by atoms with E-state index in [2.05, 4.69) is 15.9 Å². The molecule has 1 aromatic carbocycles. The molecule has 1 N–H and O–H groups in total. The average Bonchev–Trinajstić information content (AvgIpc) is 2.07. The van der Waals surface area contributed by atoms with Gasteiger partial charge in [-0.15, -0.1) is 0 Å². The van der Waals surface area contributed by atoms with E-state index in [0.29, 0.717) is 10.0 Å². The Morgan fingerprint density at radius 3 is 2.54 bits per heavy atom. The van der Waals surface area contributed by atoms with E-state index >= 15 is 0 Å². The zero-order valence-electron chi connectivity index (χ0n) is 7.19. The summed E-state index contributed by atoms with van der Waals surface area (Å²) < 4.78 is 13.6. The SMILES string of the molecule is Cc1cc(C(=O)O)c(C)c(F)c1Br. The monoisotopic (exact) mass is 246 g/mol. The number of carboxylic acid groups (broad SMARTS) is 1. The van der Waals surface area contributed by atoms with E-state index in [0.717, 1.165) is 0 Å². The van der Waals surface area contributed by atoms with Gasteiger partial charge >= 0.3 is 5.97 Å². The van der Waals surface area contributed by atoms with Crippen molar-refractivity contribution in [1.29, 1.82) is 0 Å². The fourth-order valence-corrected chi connectivity index (χ4v) is 1.48. The van der Waals surface area contributed by atoms with Crippen LogP contribution in [0.2, 0.25) is 0 Å². The van der Waals surface area contributed by atoms with Crippen LogP contribution in [-0.2, 0) is 0 Å². The molecule has 2 nitrogen and oxygen atoms in total. The average molecular weight is 247 g/mol. The molecule has 0 bridgehead atoms. The number of aryl methyl sites for hydroxylation is 1. The van der Waals surface area contributed by atoms with Crippen LogP contribution in [0.1, 0.15) is 21.5 Å². The van der Waals surface area contributed by atoms with Crippen LogP contribution < -0.4 is 0 Å². The molecule has 70 valence electrons. The molecule has 0 saturated heterocycles. The van der Waals surface area contributed by atoms with Gasteiger partial charge in [0.1, 0.15) is 5.82 Å². The summed E-state index contributed by atoms with van der Waals surface area (Å²) in [6.07, 6.45) is 0. The Balaban J connectivity index is 3.50. The molecule has 0 aromatic heterocycles. The molecule has 1 aromatic rings. The smallest absolute Gasteiger partial charge is 0.336 e. The summed E-state index contributed by atoms with van der Waals surface area (Å²) in [5.74, 6) is -1.61. The summed E-state index contributed by atoms with van der Waals surface area (Å²) in [6, 6.07) is 1.45. The Labute approximate surface area is 83.5 Å². The lowest BCUT2D eigenvalue weighted by Gasteiger charge is -2.06. The first-order valence-corrected chi connectivity index (χ1v) is 4.43. The summed E-state index contributed by atoms with van der Waals surface area (Å²) in [4.78, 5) is 10.7. The van der Waals surface area contributed by atoms with Crippen LogP contribution >= 0.6 is 15.9 Å². The number of aromatic carboxylic acids is 1. The van der Waals surface area contributed by atoms with Gasteiger partial charge in [0.05, 0.1) is 10.0 Å². The van der Waals surface area contributed by atoms with Gasteiger partial charge in [0, 0.05) is 5.56 Å². The largest absolute Gasteiger partial charge is 0.478 e. The van der Waals surface area contributed by atoms with Gasteiger partial charge in [-0.1, -0.05) is 0 Å². The fraction of sp³-hybridized carbons (Fsp3) is 0.222. The zero-order valence-corrected chi connectivity index (χ0v) is 8.77. The maximum Gasteiger partial charge on any atom is 0.336 e. The molecule has 0 spiro atoms. The summed E-state index contributed by atoms with van der Waals surface area (Å²) in [7, 11) is 0. The number of rotatable bonds is 1. The maximum absolute atomic E-state index is 13.3. The van der Waals surface area contributed by atoms with Crippen LogP contribution in [0.4, 0.5) is 4.39 Å². The first-order valence-electron chi connectivity index (χ1n) is 3.63. The standard InChI is InChI=1S/C9H8BrFO2/c1-4-3-6(9(12)13)5(2)8(11)7(4)10/h3H,1-2H3,(H,12,13). The van der Waals surface area contributed by atoms with Crippen LogP contribution in [0.25, 0.3) is 0 Å². The first kappa shape index (κ1) is 10.2. The molecule has 0 aliphatic heterocycles. The molecule has 4 heteroatoms. The number of benzene rings is 1. The van der Waals surface area contributed by atoms with Gasteiger partial charge in [-0.25, -0.2) is 9.18 Å². The van der Waals surface area contributed by atoms with Gasteiger partial charge in [0.2, 0.25) is 0 Å². The highest BCUT2D eigenvalue weighted by atomic mass is 79.9. The second-order valence-corrected chi connectivity index (χ2v) is 3.59. The minimum Gasteiger partial charge on any atom is -0.478 e. The minimum atomic E-state index is -1.10. The van der Waals surface area contributed by atoms with Crippen molar-refractivity contribution in [3.8, 4) is 0 Å². The molecule has 0 radical (unpaired) electrons. The molecule has 1 rings (SSSR count). The molecule has 0 heterocycles. The Hall–Kier alpha value is -0.900. The van der Waals surface area contributed by atoms with Crippen molar-refractivity contribution in [3.05, 3.63) is 33.0 Å². The van der Waals surface area contributed by atoms with Gasteiger partial charge in [0.15, 0.2) is 0 Å². The molecule has 0 fully saturated rings. The first-order chi connectivity index (χ1) is 5.95. The van der Waals surface area contributed by atoms with Crippen molar-refractivity contribution in [2.24, 2.45) is 0 Å². The van der Waals surface area contributed by atoms with Crippen LogP contribution in [0.15, 0.2) is 10.5 Å². The summed E-state index contributed by atoms with van der Waals surface area (Å²) >= 11 is 3.05. The van der Waals surface area contributed by atoms with E-state index in [-0.39, 0.29) is 11.1 Å². The lowest BCUT2D eigenvalue weighted by Crippen LogP contribution is -2.03. The van der Waals surface area contributed by atoms with E-state index in [1.807, 2.05) is 0 Å². The number of carbonyl (C=O) groups is 1. The summed E-state index contributed by atoms with van der Waals surface area (Å²) in [5.41, 5.74) is 0.753. The number of carboxylic acids is 1. The summed E-state index contributed by atoms with van der Waals surface area (Å²) in [5, 5.41) is 8.72. The quantitative estimate of drug-likeness (QED) is 0.828. The maximum atomic E-state index is 13.3. The predicted molar refractivity (Wildman–Crippen MR) is 50.5 cm³/mol. The minimum absolute atomic E-state index is 0.0122. The van der Waals surface area contributed by atoms with E-state index in [1.165, 1.54) is 13.0 Å². The van der Waals surface area contributed by atoms with Gasteiger partial charge in [-0.05, 0) is 41.4 Å². The Kier molecular flexibility index (Phi) is 2.71. The predicted octanol–water partition coefficient (Wildman–Crippen LogP) is 2.90. The third-order valence-electron chi connectivity index (χ3n) is 1.86. The highest BCUT2D eigenvalue weighted by molar-refractivity contribution is 9.10. The molecule has 0 aliphatic rings. The molecule has 0 saturated carbocycles. The number of halogens is 2. The van der Waals surface area contributed by atoms with E-state index < -0.39 is 11.8 Å². The van der Waals surface area contributed by atoms with Crippen molar-refractivity contribution in [1.82, 2.24) is 0 Å². The molecular formula is C9H8BrFO2. The van der Waals surface area contributed by atoms with Crippen molar-refractivity contribution >= 4 is 21.9 Å². The normalized spacial score (nSPS) is 10.2. The summed E-state index contributed by atoms with van der Waals surface area (Å²) in [6.45, 7) is 3.10. The Morgan fingerprint density at radius 1 is 1.54 bits per heavy atom. The number of hydrogen-bond donors (Lipinski definition) is 1. The van der Waals surface area contributed by atoms with Crippen LogP contribution in [0, 0.1) is 19.7 Å². The van der Waals surface area contributed by atoms with Crippen LogP contribution in [0.5, 0.6) is 0 Å². The highest BCUT2D eigenvalue weighted by Crippen LogP contribution is 2.25. The van der Waals surface area contributed by atoms with Crippen molar-refractivity contribution < 1.29 is 14.3 Å². The van der Waals surface area contributed by atoms with E-state index in [1.54, 1.807) is 6.92 Å². The molecule has 0 atom stereocenters. The third-order valence-corrected chi connectivity index (χ3v) is 2.84. The highest BCUT2D eigenvalue weighted by Gasteiger charge is 2.15. The third kappa shape index (κ3) is 1.72. The molecule has 13 heavy (non-hydrogen) atoms. The number of hydrogen-bond acceptors (Lipinski definition) is 1. The van der Waals surface area contributed by atoms with Gasteiger partial charge in [-0.3, -0.25) is 0 Å². The van der Waals surface area contributed by atoms with Crippen LogP contribution in [0.3, 0.4) is 0 Å². The van der Waals surface area contributed by atoms with Gasteiger partial charge < -0.3 is 5.11 Å². The second kappa shape index (κ2) is 3.46. The topological polar surface area (TPSA) is 37.3 Å².